The van der Waals surface area contributed by atoms with Crippen molar-refractivity contribution in [1.82, 2.24) is 5.32 Å². The van der Waals surface area contributed by atoms with Crippen LogP contribution in [0.15, 0.2) is 24.3 Å². The van der Waals surface area contributed by atoms with Crippen LogP contribution in [0.4, 0.5) is 0 Å². The molecular formula is C15H22ClNO. The maximum atomic E-state index is 5.95. The minimum Gasteiger partial charge on any atom is -0.383 e. The van der Waals surface area contributed by atoms with E-state index in [4.69, 9.17) is 16.3 Å². The maximum Gasteiger partial charge on any atom is 0.0615 e. The summed E-state index contributed by atoms with van der Waals surface area (Å²) in [6, 6.07) is 9.10. The molecule has 0 aromatic heterocycles. The van der Waals surface area contributed by atoms with Crippen LogP contribution in [0.5, 0.6) is 0 Å². The van der Waals surface area contributed by atoms with Gasteiger partial charge in [0.1, 0.15) is 0 Å². The van der Waals surface area contributed by atoms with Crippen molar-refractivity contribution in [2.24, 2.45) is 5.92 Å². The molecule has 0 spiro atoms. The number of ether oxygens (including phenoxy) is 1. The van der Waals surface area contributed by atoms with E-state index in [-0.39, 0.29) is 0 Å². The first-order valence-electron chi connectivity index (χ1n) is 6.75. The zero-order chi connectivity index (χ0) is 13.0. The van der Waals surface area contributed by atoms with E-state index in [9.17, 15) is 0 Å². The first-order valence-corrected chi connectivity index (χ1v) is 7.12. The summed E-state index contributed by atoms with van der Waals surface area (Å²) in [6.45, 7) is 2.97. The Hall–Kier alpha value is -0.570. The molecule has 2 rings (SSSR count). The number of rotatable bonds is 7. The first-order chi connectivity index (χ1) is 8.74. The summed E-state index contributed by atoms with van der Waals surface area (Å²) in [4.78, 5) is 0. The monoisotopic (exact) mass is 267 g/mol. The SMILES string of the molecule is CCC(COC)NC(c1ccc(Cl)cc1)C1CC1. The number of nitrogens with one attached hydrogen (secondary N) is 1. The summed E-state index contributed by atoms with van der Waals surface area (Å²) in [5.74, 6) is 0.775. The van der Waals surface area contributed by atoms with Gasteiger partial charge in [0.2, 0.25) is 0 Å². The molecule has 1 aliphatic rings. The molecule has 0 bridgehead atoms. The molecule has 18 heavy (non-hydrogen) atoms. The third kappa shape index (κ3) is 3.71. The van der Waals surface area contributed by atoms with E-state index >= 15 is 0 Å². The molecule has 1 N–H and O–H groups in total. The van der Waals surface area contributed by atoms with Crippen molar-refractivity contribution in [2.75, 3.05) is 13.7 Å². The Kier molecular flexibility index (Phi) is 5.04. The van der Waals surface area contributed by atoms with Gasteiger partial charge in [-0.25, -0.2) is 0 Å². The second kappa shape index (κ2) is 6.55. The van der Waals surface area contributed by atoms with Gasteiger partial charge in [-0.05, 0) is 42.9 Å². The van der Waals surface area contributed by atoms with Gasteiger partial charge >= 0.3 is 0 Å². The highest BCUT2D eigenvalue weighted by atomic mass is 35.5. The second-order valence-electron chi connectivity index (χ2n) is 5.09. The van der Waals surface area contributed by atoms with Crippen LogP contribution in [0.25, 0.3) is 0 Å². The molecule has 100 valence electrons. The minimum absolute atomic E-state index is 0.427. The van der Waals surface area contributed by atoms with Crippen molar-refractivity contribution >= 4 is 11.6 Å². The second-order valence-corrected chi connectivity index (χ2v) is 5.53. The molecule has 1 aliphatic carbocycles. The Morgan fingerprint density at radius 2 is 2.00 bits per heavy atom. The number of hydrogen-bond acceptors (Lipinski definition) is 2. The van der Waals surface area contributed by atoms with Crippen LogP contribution >= 0.6 is 11.6 Å². The topological polar surface area (TPSA) is 21.3 Å². The number of methoxy groups -OCH3 is 1. The number of hydrogen-bond donors (Lipinski definition) is 1. The van der Waals surface area contributed by atoms with E-state index in [2.05, 4.69) is 24.4 Å². The molecular weight excluding hydrogens is 246 g/mol. The lowest BCUT2D eigenvalue weighted by Gasteiger charge is -2.25. The fourth-order valence-corrected chi connectivity index (χ4v) is 2.47. The largest absolute Gasteiger partial charge is 0.383 e. The average Bonchev–Trinajstić information content (AvgIpc) is 3.20. The van der Waals surface area contributed by atoms with E-state index in [0.717, 1.165) is 24.0 Å². The predicted molar refractivity (Wildman–Crippen MR) is 76.0 cm³/mol. The highest BCUT2D eigenvalue weighted by molar-refractivity contribution is 6.30. The van der Waals surface area contributed by atoms with Gasteiger partial charge in [0.15, 0.2) is 0 Å². The van der Waals surface area contributed by atoms with Crippen LogP contribution < -0.4 is 5.32 Å². The maximum absolute atomic E-state index is 5.95. The molecule has 1 aromatic carbocycles. The standard InChI is InChI=1S/C15H22ClNO/c1-3-14(10-18-2)17-15(11-4-5-11)12-6-8-13(16)9-7-12/h6-9,11,14-15,17H,3-5,10H2,1-2H3. The Morgan fingerprint density at radius 1 is 1.33 bits per heavy atom. The van der Waals surface area contributed by atoms with Crippen molar-refractivity contribution in [3.05, 3.63) is 34.9 Å². The molecule has 0 saturated heterocycles. The summed E-state index contributed by atoms with van der Waals surface area (Å²) >= 11 is 5.95. The molecule has 0 aliphatic heterocycles. The lowest BCUT2D eigenvalue weighted by atomic mass is 10.0. The zero-order valence-electron chi connectivity index (χ0n) is 11.2. The van der Waals surface area contributed by atoms with Crippen LogP contribution in [-0.2, 0) is 4.74 Å². The van der Waals surface area contributed by atoms with Crippen LogP contribution in [0.1, 0.15) is 37.8 Å². The normalized spacial score (nSPS) is 18.6. The van der Waals surface area contributed by atoms with Gasteiger partial charge in [0.05, 0.1) is 6.61 Å². The van der Waals surface area contributed by atoms with E-state index < -0.39 is 0 Å². The fraction of sp³-hybridized carbons (Fsp3) is 0.600. The molecule has 0 heterocycles. The molecule has 0 radical (unpaired) electrons. The Morgan fingerprint density at radius 3 is 2.50 bits per heavy atom. The third-order valence-corrected chi connectivity index (χ3v) is 3.85. The van der Waals surface area contributed by atoms with Gasteiger partial charge < -0.3 is 10.1 Å². The summed E-state index contributed by atoms with van der Waals surface area (Å²) < 4.78 is 5.27. The van der Waals surface area contributed by atoms with E-state index in [1.54, 1.807) is 7.11 Å². The smallest absolute Gasteiger partial charge is 0.0615 e. The highest BCUT2D eigenvalue weighted by Crippen LogP contribution is 2.41. The van der Waals surface area contributed by atoms with Crippen LogP contribution in [-0.4, -0.2) is 19.8 Å². The van der Waals surface area contributed by atoms with Crippen molar-refractivity contribution in [3.8, 4) is 0 Å². The lowest BCUT2D eigenvalue weighted by Crippen LogP contribution is -2.36. The Labute approximate surface area is 115 Å². The molecule has 1 fully saturated rings. The van der Waals surface area contributed by atoms with E-state index in [1.807, 2.05) is 12.1 Å². The number of halogens is 1. The molecule has 1 aromatic rings. The molecule has 2 nitrogen and oxygen atoms in total. The quantitative estimate of drug-likeness (QED) is 0.811. The van der Waals surface area contributed by atoms with Gasteiger partial charge in [0.25, 0.3) is 0 Å². The Balaban J connectivity index is 2.05. The van der Waals surface area contributed by atoms with Crippen molar-refractivity contribution in [3.63, 3.8) is 0 Å². The molecule has 2 atom stereocenters. The first kappa shape index (κ1) is 13.9. The zero-order valence-corrected chi connectivity index (χ0v) is 11.9. The van der Waals surface area contributed by atoms with Gasteiger partial charge in [0, 0.05) is 24.2 Å². The summed E-state index contributed by atoms with van der Waals surface area (Å²) in [7, 11) is 1.76. The summed E-state index contributed by atoms with van der Waals surface area (Å²) in [5, 5.41) is 4.54. The molecule has 0 amide bonds. The fourth-order valence-electron chi connectivity index (χ4n) is 2.34. The van der Waals surface area contributed by atoms with Gasteiger partial charge in [-0.15, -0.1) is 0 Å². The van der Waals surface area contributed by atoms with E-state index in [1.165, 1.54) is 18.4 Å². The summed E-state index contributed by atoms with van der Waals surface area (Å²) in [6.07, 6.45) is 3.73. The Bertz CT molecular complexity index is 361. The highest BCUT2D eigenvalue weighted by Gasteiger charge is 2.33. The van der Waals surface area contributed by atoms with Gasteiger partial charge in [-0.1, -0.05) is 30.7 Å². The molecule has 3 heteroatoms. The van der Waals surface area contributed by atoms with Crippen LogP contribution in [0, 0.1) is 5.92 Å². The predicted octanol–water partition coefficient (Wildman–Crippen LogP) is 3.81. The third-order valence-electron chi connectivity index (χ3n) is 3.60. The molecule has 1 saturated carbocycles. The van der Waals surface area contributed by atoms with Crippen LogP contribution in [0.2, 0.25) is 5.02 Å². The van der Waals surface area contributed by atoms with Gasteiger partial charge in [-0.2, -0.15) is 0 Å². The summed E-state index contributed by atoms with van der Waals surface area (Å²) in [5.41, 5.74) is 1.34. The van der Waals surface area contributed by atoms with E-state index in [0.29, 0.717) is 12.1 Å². The van der Waals surface area contributed by atoms with Gasteiger partial charge in [-0.3, -0.25) is 0 Å². The van der Waals surface area contributed by atoms with Crippen LogP contribution in [0.3, 0.4) is 0 Å². The van der Waals surface area contributed by atoms with Crippen molar-refractivity contribution in [2.45, 2.75) is 38.3 Å². The molecule has 2 unspecified atom stereocenters. The average molecular weight is 268 g/mol. The van der Waals surface area contributed by atoms with Crippen molar-refractivity contribution < 1.29 is 4.74 Å². The minimum atomic E-state index is 0.427. The lowest BCUT2D eigenvalue weighted by molar-refractivity contribution is 0.156. The van der Waals surface area contributed by atoms with Crippen molar-refractivity contribution in [1.29, 1.82) is 0 Å². The number of benzene rings is 1.